The molecular weight excluding hydrogens is 640 g/mol. The highest BCUT2D eigenvalue weighted by Crippen LogP contribution is 2.26. The summed E-state index contributed by atoms with van der Waals surface area (Å²) in [5.41, 5.74) is 7.97. The van der Waals surface area contributed by atoms with Gasteiger partial charge in [-0.3, -0.25) is 14.2 Å². The molecule has 278 valence electrons. The fourth-order valence-electron chi connectivity index (χ4n) is 5.16. The Morgan fingerprint density at radius 3 is 2.16 bits per heavy atom. The summed E-state index contributed by atoms with van der Waals surface area (Å²) < 4.78 is 11.9. The van der Waals surface area contributed by atoms with Crippen molar-refractivity contribution in [1.82, 2.24) is 44.9 Å². The average molecular weight is 699 g/mol. The highest BCUT2D eigenvalue weighted by atomic mass is 16.5. The predicted octanol–water partition coefficient (Wildman–Crippen LogP) is 2.19. The molecule has 15 heteroatoms. The molecule has 2 amide bonds. The number of rotatable bonds is 22. The van der Waals surface area contributed by atoms with Gasteiger partial charge >= 0.3 is 6.01 Å². The lowest BCUT2D eigenvalue weighted by atomic mass is 10.1. The third kappa shape index (κ3) is 13.3. The second kappa shape index (κ2) is 20.0. The summed E-state index contributed by atoms with van der Waals surface area (Å²) in [4.78, 5) is 44.6. The number of anilines is 1. The number of fused-ring (bicyclic) bond motifs is 1. The molecule has 0 aliphatic rings. The number of nitrogen functional groups attached to an aromatic ring is 1. The smallest absolute Gasteiger partial charge is 0.320 e. The maximum absolute atomic E-state index is 12.7. The van der Waals surface area contributed by atoms with Gasteiger partial charge in [0, 0.05) is 24.8 Å². The van der Waals surface area contributed by atoms with Crippen LogP contribution in [-0.4, -0.2) is 144 Å². The minimum Gasteiger partial charge on any atom is -0.480 e. The number of amides is 2. The van der Waals surface area contributed by atoms with Crippen LogP contribution in [0.2, 0.25) is 0 Å². The van der Waals surface area contributed by atoms with Crippen LogP contribution in [0.4, 0.5) is 5.82 Å². The number of aromatic hydroxyl groups is 1. The van der Waals surface area contributed by atoms with Gasteiger partial charge in [-0.05, 0) is 118 Å². The molecule has 0 aliphatic heterocycles. The minimum atomic E-state index is -0.358. The number of aromatic nitrogens is 4. The number of methoxy groups -OCH3 is 1. The second-order valence-corrected chi connectivity index (χ2v) is 13.7. The summed E-state index contributed by atoms with van der Waals surface area (Å²) >= 11 is 0. The first kappa shape index (κ1) is 40.4. The van der Waals surface area contributed by atoms with E-state index < -0.39 is 0 Å². The fourth-order valence-corrected chi connectivity index (χ4v) is 5.16. The maximum Gasteiger partial charge on any atom is 0.320 e. The first-order valence-electron chi connectivity index (χ1n) is 17.3. The first-order chi connectivity index (χ1) is 23.8. The summed E-state index contributed by atoms with van der Waals surface area (Å²) in [5.74, 6) is -0.511. The Hall–Kier alpha value is -4.05. The minimum absolute atomic E-state index is 0.0487. The molecule has 0 fully saturated rings. The fraction of sp³-hybridized carbons (Fsp3) is 0.629. The zero-order valence-corrected chi connectivity index (χ0v) is 31.0. The van der Waals surface area contributed by atoms with Gasteiger partial charge < -0.3 is 45.6 Å². The van der Waals surface area contributed by atoms with Crippen molar-refractivity contribution >= 4 is 28.8 Å². The van der Waals surface area contributed by atoms with E-state index in [0.29, 0.717) is 24.4 Å². The Morgan fingerprint density at radius 1 is 0.880 bits per heavy atom. The normalized spacial score (nSPS) is 12.0. The quantitative estimate of drug-likeness (QED) is 0.113. The summed E-state index contributed by atoms with van der Waals surface area (Å²) in [7, 11) is 8.06. The van der Waals surface area contributed by atoms with Gasteiger partial charge in [-0.25, -0.2) is 0 Å². The lowest BCUT2D eigenvalue weighted by Crippen LogP contribution is -2.39. The standard InChI is InChI=1S/C35H58N10O5/c1-35(2,3)44(6)21-11-20-43(5)18-9-8-17-42(4)19-10-16-37-28(46)24-38-32(47)27-14-12-26(13-15-27)25-45-31-29(39-34(45)48)30(36)40-33(41-31)50-23-22-49-7/h12-15H,8-11,16-25H2,1-7H3,(H,37,46)(H,38,47)(H,39,48)(H2,36,40,41). The maximum atomic E-state index is 12.7. The van der Waals surface area contributed by atoms with Crippen LogP contribution in [0.3, 0.4) is 0 Å². The molecule has 50 heavy (non-hydrogen) atoms. The average Bonchev–Trinajstić information content (AvgIpc) is 3.38. The van der Waals surface area contributed by atoms with Crippen LogP contribution in [0.15, 0.2) is 24.3 Å². The van der Waals surface area contributed by atoms with Gasteiger partial charge in [0.15, 0.2) is 17.0 Å². The summed E-state index contributed by atoms with van der Waals surface area (Å²) in [5, 5.41) is 16.0. The molecule has 2 heterocycles. The van der Waals surface area contributed by atoms with E-state index in [0.717, 1.165) is 57.5 Å². The van der Waals surface area contributed by atoms with E-state index in [4.69, 9.17) is 15.2 Å². The van der Waals surface area contributed by atoms with Crippen molar-refractivity contribution in [3.63, 3.8) is 0 Å². The van der Waals surface area contributed by atoms with Crippen LogP contribution < -0.4 is 21.1 Å². The van der Waals surface area contributed by atoms with E-state index in [2.05, 4.69) is 82.2 Å². The number of benzene rings is 1. The third-order valence-electron chi connectivity index (χ3n) is 8.61. The van der Waals surface area contributed by atoms with Crippen LogP contribution >= 0.6 is 0 Å². The van der Waals surface area contributed by atoms with E-state index >= 15 is 0 Å². The van der Waals surface area contributed by atoms with Crippen molar-refractivity contribution in [3.8, 4) is 12.0 Å². The van der Waals surface area contributed by atoms with Crippen LogP contribution in [0.5, 0.6) is 12.0 Å². The molecule has 0 spiro atoms. The van der Waals surface area contributed by atoms with Crippen LogP contribution in [-0.2, 0) is 16.1 Å². The number of carbonyl (C=O) groups is 2. The Bertz CT molecular complexity index is 1490. The SMILES string of the molecule is COCCOc1nc(N)c2nc(O)n(Cc3ccc(C(=O)NCC(=O)NCCCN(C)CCCCN(C)CCCN(C)C(C)(C)C)cc3)c2n1. The second-order valence-electron chi connectivity index (χ2n) is 13.7. The van der Waals surface area contributed by atoms with Crippen molar-refractivity contribution in [1.29, 1.82) is 0 Å². The topological polar surface area (TPSA) is 176 Å². The zero-order chi connectivity index (χ0) is 36.7. The first-order valence-corrected chi connectivity index (χ1v) is 17.3. The molecule has 0 saturated heterocycles. The van der Waals surface area contributed by atoms with Gasteiger partial charge in [-0.2, -0.15) is 15.0 Å². The Morgan fingerprint density at radius 2 is 1.52 bits per heavy atom. The van der Waals surface area contributed by atoms with E-state index in [-0.39, 0.29) is 60.4 Å². The van der Waals surface area contributed by atoms with Gasteiger partial charge in [0.05, 0.1) is 19.7 Å². The van der Waals surface area contributed by atoms with Gasteiger partial charge in [0.25, 0.3) is 11.9 Å². The summed E-state index contributed by atoms with van der Waals surface area (Å²) in [6.07, 6.45) is 4.31. The number of imidazole rings is 1. The summed E-state index contributed by atoms with van der Waals surface area (Å²) in [6, 6.07) is 6.59. The monoisotopic (exact) mass is 698 g/mol. The molecule has 5 N–H and O–H groups in total. The van der Waals surface area contributed by atoms with Gasteiger partial charge in [0.2, 0.25) is 5.91 Å². The number of hydrogen-bond donors (Lipinski definition) is 4. The molecule has 0 aliphatic carbocycles. The van der Waals surface area contributed by atoms with E-state index in [9.17, 15) is 14.7 Å². The molecule has 0 saturated carbocycles. The molecule has 2 aromatic heterocycles. The van der Waals surface area contributed by atoms with Gasteiger partial charge in [0.1, 0.15) is 6.61 Å². The molecule has 0 radical (unpaired) electrons. The molecule has 3 aromatic rings. The van der Waals surface area contributed by atoms with E-state index in [1.807, 2.05) is 0 Å². The Balaban J connectivity index is 1.31. The molecular formula is C35H58N10O5. The molecule has 0 bridgehead atoms. The number of carbonyl (C=O) groups excluding carboxylic acids is 2. The summed E-state index contributed by atoms with van der Waals surface area (Å²) in [6.45, 7) is 13.2. The molecule has 0 atom stereocenters. The number of unbranched alkanes of at least 4 members (excludes halogenated alkanes) is 1. The molecule has 1 aromatic carbocycles. The zero-order valence-electron chi connectivity index (χ0n) is 31.0. The Labute approximate surface area is 296 Å². The highest BCUT2D eigenvalue weighted by molar-refractivity contribution is 5.96. The number of nitrogens with one attached hydrogen (secondary N) is 2. The lowest BCUT2D eigenvalue weighted by Gasteiger charge is -2.32. The Kier molecular flexibility index (Phi) is 16.1. The lowest BCUT2D eigenvalue weighted by molar-refractivity contribution is -0.120. The third-order valence-corrected chi connectivity index (χ3v) is 8.61. The number of nitrogens with zero attached hydrogens (tertiary/aromatic N) is 7. The van der Waals surface area contributed by atoms with Crippen molar-refractivity contribution in [3.05, 3.63) is 35.4 Å². The molecule has 15 nitrogen and oxygen atoms in total. The van der Waals surface area contributed by atoms with Crippen LogP contribution in [0.1, 0.15) is 62.4 Å². The van der Waals surface area contributed by atoms with Crippen molar-refractivity contribution < 1.29 is 24.2 Å². The molecule has 0 unspecified atom stereocenters. The van der Waals surface area contributed by atoms with Gasteiger partial charge in [-0.1, -0.05) is 12.1 Å². The highest BCUT2D eigenvalue weighted by Gasteiger charge is 2.18. The van der Waals surface area contributed by atoms with E-state index in [1.165, 1.54) is 11.0 Å². The van der Waals surface area contributed by atoms with Crippen molar-refractivity contribution in [2.45, 2.75) is 58.5 Å². The van der Waals surface area contributed by atoms with Crippen LogP contribution in [0.25, 0.3) is 11.2 Å². The van der Waals surface area contributed by atoms with Crippen molar-refractivity contribution in [2.75, 3.05) is 93.0 Å². The largest absolute Gasteiger partial charge is 0.480 e. The van der Waals surface area contributed by atoms with Crippen LogP contribution in [0, 0.1) is 0 Å². The number of hydrogen-bond acceptors (Lipinski definition) is 12. The van der Waals surface area contributed by atoms with Gasteiger partial charge in [-0.15, -0.1) is 0 Å². The van der Waals surface area contributed by atoms with Crippen molar-refractivity contribution in [2.24, 2.45) is 0 Å². The molecule has 3 rings (SSSR count). The predicted molar refractivity (Wildman–Crippen MR) is 196 cm³/mol. The van der Waals surface area contributed by atoms with E-state index in [1.54, 1.807) is 31.4 Å². The number of nitrogens with two attached hydrogens (primary N) is 1. The number of ether oxygens (including phenoxy) is 2.